The van der Waals surface area contributed by atoms with Crippen molar-refractivity contribution in [3.63, 3.8) is 0 Å². The predicted octanol–water partition coefficient (Wildman–Crippen LogP) is 2.51. The average molecular weight is 363 g/mol. The number of hydrogen-bond acceptors (Lipinski definition) is 3. The van der Waals surface area contributed by atoms with Crippen LogP contribution in [0.15, 0.2) is 34.2 Å². The Hall–Kier alpha value is -1.69. The van der Waals surface area contributed by atoms with Crippen LogP contribution in [0.4, 0.5) is 0 Å². The van der Waals surface area contributed by atoms with Crippen LogP contribution in [-0.2, 0) is 4.79 Å². The van der Waals surface area contributed by atoms with Gasteiger partial charge in [-0.15, -0.1) is 11.8 Å². The van der Waals surface area contributed by atoms with E-state index in [1.54, 1.807) is 7.05 Å². The van der Waals surface area contributed by atoms with Crippen LogP contribution < -0.4 is 10.6 Å². The second-order valence-electron chi connectivity index (χ2n) is 6.44. The first-order chi connectivity index (χ1) is 12.1. The first kappa shape index (κ1) is 19.6. The zero-order valence-corrected chi connectivity index (χ0v) is 16.4. The van der Waals surface area contributed by atoms with Crippen molar-refractivity contribution in [1.82, 2.24) is 15.5 Å². The number of aryl methyl sites for hydroxylation is 1. The van der Waals surface area contributed by atoms with Gasteiger partial charge in [0.05, 0.1) is 0 Å². The highest BCUT2D eigenvalue weighted by Gasteiger charge is 2.22. The molecule has 0 aliphatic carbocycles. The maximum atomic E-state index is 11.5. The summed E-state index contributed by atoms with van der Waals surface area (Å²) in [7, 11) is 3.55. The van der Waals surface area contributed by atoms with Gasteiger partial charge in [0.2, 0.25) is 5.91 Å². The van der Waals surface area contributed by atoms with Gasteiger partial charge in [0.25, 0.3) is 0 Å². The first-order valence-corrected chi connectivity index (χ1v) is 9.96. The molecule has 0 aromatic heterocycles. The third-order valence-electron chi connectivity index (χ3n) is 4.55. The molecule has 6 heteroatoms. The molecule has 0 atom stereocenters. The normalized spacial score (nSPS) is 16.0. The van der Waals surface area contributed by atoms with Crippen molar-refractivity contribution in [3.8, 4) is 0 Å². The first-order valence-electron chi connectivity index (χ1n) is 8.98. The molecule has 1 aromatic carbocycles. The van der Waals surface area contributed by atoms with E-state index < -0.39 is 0 Å². The smallest absolute Gasteiger partial charge is 0.220 e. The number of nitrogens with zero attached hydrogens (tertiary/aromatic N) is 2. The Bertz CT molecular complexity index is 565. The van der Waals surface area contributed by atoms with Gasteiger partial charge in [-0.05, 0) is 37.8 Å². The summed E-state index contributed by atoms with van der Waals surface area (Å²) in [4.78, 5) is 19.5. The number of carbonyl (C=O) groups is 1. The van der Waals surface area contributed by atoms with Crippen molar-refractivity contribution in [2.45, 2.75) is 31.1 Å². The lowest BCUT2D eigenvalue weighted by molar-refractivity contribution is -0.121. The highest BCUT2D eigenvalue weighted by Crippen LogP contribution is 2.21. The molecular formula is C19H30N4OS. The van der Waals surface area contributed by atoms with Gasteiger partial charge in [0.15, 0.2) is 5.96 Å². The van der Waals surface area contributed by atoms with Gasteiger partial charge in [-0.25, -0.2) is 0 Å². The van der Waals surface area contributed by atoms with E-state index >= 15 is 0 Å². The zero-order valence-electron chi connectivity index (χ0n) is 15.5. The molecule has 0 spiro atoms. The monoisotopic (exact) mass is 362 g/mol. The van der Waals surface area contributed by atoms with Crippen molar-refractivity contribution in [3.05, 3.63) is 29.8 Å². The lowest BCUT2D eigenvalue weighted by atomic mass is 9.93. The molecule has 1 aliphatic rings. The third-order valence-corrected chi connectivity index (χ3v) is 5.57. The van der Waals surface area contributed by atoms with Crippen molar-refractivity contribution in [2.75, 3.05) is 39.5 Å². The van der Waals surface area contributed by atoms with E-state index in [4.69, 9.17) is 0 Å². The summed E-state index contributed by atoms with van der Waals surface area (Å²) in [6.45, 7) is 4.93. The van der Waals surface area contributed by atoms with Crippen LogP contribution >= 0.6 is 11.8 Å². The number of guanidine groups is 1. The number of benzene rings is 1. The van der Waals surface area contributed by atoms with E-state index in [2.05, 4.69) is 51.7 Å². The Morgan fingerprint density at radius 1 is 1.28 bits per heavy atom. The Balaban J connectivity index is 1.68. The van der Waals surface area contributed by atoms with E-state index in [0.717, 1.165) is 44.2 Å². The van der Waals surface area contributed by atoms with Gasteiger partial charge >= 0.3 is 0 Å². The predicted molar refractivity (Wildman–Crippen MR) is 106 cm³/mol. The van der Waals surface area contributed by atoms with Gasteiger partial charge in [-0.1, -0.05) is 17.7 Å². The second-order valence-corrected chi connectivity index (χ2v) is 7.61. The number of likely N-dealkylation sites (tertiary alicyclic amines) is 1. The molecule has 0 unspecified atom stereocenters. The standard InChI is InChI=1S/C19H30N4OS/c1-15-4-6-17(7-5-15)25-13-10-22-19(21-3)23-11-8-16(9-12-23)14-18(24)20-2/h4-7,16H,8-14H2,1-3H3,(H,20,24)(H,21,22). The summed E-state index contributed by atoms with van der Waals surface area (Å²) in [5.74, 6) is 2.62. The number of hydrogen-bond donors (Lipinski definition) is 2. The number of carbonyl (C=O) groups excluding carboxylic acids is 1. The number of piperidine rings is 1. The van der Waals surface area contributed by atoms with Crippen LogP contribution in [0.2, 0.25) is 0 Å². The quantitative estimate of drug-likeness (QED) is 0.353. The largest absolute Gasteiger partial charge is 0.359 e. The fourth-order valence-electron chi connectivity index (χ4n) is 3.01. The van der Waals surface area contributed by atoms with Crippen molar-refractivity contribution in [2.24, 2.45) is 10.9 Å². The highest BCUT2D eigenvalue weighted by atomic mass is 32.2. The molecule has 25 heavy (non-hydrogen) atoms. The highest BCUT2D eigenvalue weighted by molar-refractivity contribution is 7.99. The van der Waals surface area contributed by atoms with Gasteiger partial charge in [0.1, 0.15) is 0 Å². The third kappa shape index (κ3) is 6.61. The van der Waals surface area contributed by atoms with Crippen LogP contribution in [0.25, 0.3) is 0 Å². The average Bonchev–Trinajstić information content (AvgIpc) is 2.64. The molecule has 2 rings (SSSR count). The molecule has 5 nitrogen and oxygen atoms in total. The van der Waals surface area contributed by atoms with Crippen LogP contribution in [0.5, 0.6) is 0 Å². The SMILES string of the molecule is CN=C(NCCSc1ccc(C)cc1)N1CCC(CC(=O)NC)CC1. The molecule has 1 heterocycles. The van der Waals surface area contributed by atoms with E-state index in [9.17, 15) is 4.79 Å². The summed E-state index contributed by atoms with van der Waals surface area (Å²) < 4.78 is 0. The van der Waals surface area contributed by atoms with Gasteiger partial charge in [-0.2, -0.15) is 0 Å². The molecule has 1 saturated heterocycles. The van der Waals surface area contributed by atoms with E-state index in [-0.39, 0.29) is 5.91 Å². The minimum absolute atomic E-state index is 0.147. The van der Waals surface area contributed by atoms with Crippen LogP contribution in [-0.4, -0.2) is 56.2 Å². The fraction of sp³-hybridized carbons (Fsp3) is 0.579. The minimum atomic E-state index is 0.147. The van der Waals surface area contributed by atoms with Gasteiger partial charge < -0.3 is 15.5 Å². The molecule has 1 fully saturated rings. The molecule has 0 saturated carbocycles. The summed E-state index contributed by atoms with van der Waals surface area (Å²) in [5, 5.41) is 6.18. The molecule has 1 aliphatic heterocycles. The molecule has 138 valence electrons. The van der Waals surface area contributed by atoms with Gasteiger partial charge in [0, 0.05) is 50.8 Å². The van der Waals surface area contributed by atoms with Crippen molar-refractivity contribution >= 4 is 23.6 Å². The van der Waals surface area contributed by atoms with E-state index in [0.29, 0.717) is 12.3 Å². The van der Waals surface area contributed by atoms with Crippen LogP contribution in [0, 0.1) is 12.8 Å². The maximum Gasteiger partial charge on any atom is 0.220 e. The Labute approximate surface area is 155 Å². The minimum Gasteiger partial charge on any atom is -0.359 e. The molecule has 0 bridgehead atoms. The Kier molecular flexibility index (Phi) is 8.12. The number of amides is 1. The van der Waals surface area contributed by atoms with Crippen LogP contribution in [0.1, 0.15) is 24.8 Å². The van der Waals surface area contributed by atoms with E-state index in [1.165, 1.54) is 10.5 Å². The van der Waals surface area contributed by atoms with Crippen molar-refractivity contribution < 1.29 is 4.79 Å². The Morgan fingerprint density at radius 3 is 2.56 bits per heavy atom. The zero-order chi connectivity index (χ0) is 18.1. The lowest BCUT2D eigenvalue weighted by Crippen LogP contribution is -2.46. The van der Waals surface area contributed by atoms with Crippen molar-refractivity contribution in [1.29, 1.82) is 0 Å². The Morgan fingerprint density at radius 2 is 1.96 bits per heavy atom. The molecule has 1 aromatic rings. The maximum absolute atomic E-state index is 11.5. The summed E-state index contributed by atoms with van der Waals surface area (Å²) >= 11 is 1.86. The summed E-state index contributed by atoms with van der Waals surface area (Å²) in [5.41, 5.74) is 1.29. The molecular weight excluding hydrogens is 332 g/mol. The molecule has 2 N–H and O–H groups in total. The number of aliphatic imine (C=N–C) groups is 1. The number of thioether (sulfide) groups is 1. The van der Waals surface area contributed by atoms with Crippen LogP contribution in [0.3, 0.4) is 0 Å². The number of nitrogens with one attached hydrogen (secondary N) is 2. The summed E-state index contributed by atoms with van der Waals surface area (Å²) in [6, 6.07) is 8.65. The molecule has 0 radical (unpaired) electrons. The lowest BCUT2D eigenvalue weighted by Gasteiger charge is -2.34. The number of rotatable bonds is 6. The molecule has 1 amide bonds. The topological polar surface area (TPSA) is 56.7 Å². The second kappa shape index (κ2) is 10.3. The van der Waals surface area contributed by atoms with Gasteiger partial charge in [-0.3, -0.25) is 9.79 Å². The summed E-state index contributed by atoms with van der Waals surface area (Å²) in [6.07, 6.45) is 2.74. The fourth-order valence-corrected chi connectivity index (χ4v) is 3.78. The van der Waals surface area contributed by atoms with E-state index in [1.807, 2.05) is 18.8 Å².